The second-order valence-corrected chi connectivity index (χ2v) is 15.5. The highest BCUT2D eigenvalue weighted by molar-refractivity contribution is 9.10. The van der Waals surface area contributed by atoms with Crippen molar-refractivity contribution in [2.45, 2.75) is 28.8 Å². The minimum absolute atomic E-state index is 0.0690. The van der Waals surface area contributed by atoms with Gasteiger partial charge in [-0.25, -0.2) is 0 Å². The molecule has 0 radical (unpaired) electrons. The number of imide groups is 1. The number of carbonyl (C=O) groups excluding carboxylic acids is 3. The van der Waals surface area contributed by atoms with Crippen LogP contribution >= 0.6 is 39.0 Å². The Hall–Kier alpha value is -3.88. The molecule has 48 heavy (non-hydrogen) atoms. The van der Waals surface area contributed by atoms with E-state index in [2.05, 4.69) is 26.2 Å². The van der Waals surface area contributed by atoms with Crippen molar-refractivity contribution in [1.82, 2.24) is 4.98 Å². The summed E-state index contributed by atoms with van der Waals surface area (Å²) < 4.78 is 47.3. The summed E-state index contributed by atoms with van der Waals surface area (Å²) in [6, 6.07) is 18.9. The van der Waals surface area contributed by atoms with Gasteiger partial charge in [0.15, 0.2) is 6.61 Å². The molecule has 8 rings (SSSR count). The number of anilines is 2. The molecule has 2 N–H and O–H groups in total. The maximum Gasteiger partial charge on any atom is 0.418 e. The number of thiazole rings is 1. The van der Waals surface area contributed by atoms with E-state index < -0.39 is 42.0 Å². The van der Waals surface area contributed by atoms with Gasteiger partial charge in [0.1, 0.15) is 5.75 Å². The van der Waals surface area contributed by atoms with Gasteiger partial charge in [-0.1, -0.05) is 57.6 Å². The molecule has 7 atom stereocenters. The van der Waals surface area contributed by atoms with Gasteiger partial charge < -0.3 is 15.0 Å². The van der Waals surface area contributed by atoms with Crippen LogP contribution in [-0.4, -0.2) is 34.6 Å². The van der Waals surface area contributed by atoms with Crippen molar-refractivity contribution in [1.29, 1.82) is 0 Å². The first-order valence-electron chi connectivity index (χ1n) is 15.2. The average Bonchev–Trinajstić information content (AvgIpc) is 3.79. The van der Waals surface area contributed by atoms with Gasteiger partial charge in [0.05, 0.1) is 33.8 Å². The maximum absolute atomic E-state index is 14.0. The third-order valence-electron chi connectivity index (χ3n) is 9.91. The van der Waals surface area contributed by atoms with Crippen molar-refractivity contribution in [2.24, 2.45) is 29.6 Å². The maximum atomic E-state index is 14.0. The van der Waals surface area contributed by atoms with E-state index in [1.165, 1.54) is 23.1 Å². The zero-order valence-electron chi connectivity index (χ0n) is 24.7. The molecule has 3 aromatic carbocycles. The summed E-state index contributed by atoms with van der Waals surface area (Å²) in [5.41, 5.74) is -0.111. The molecule has 2 saturated carbocycles. The number of rotatable bonds is 6. The van der Waals surface area contributed by atoms with Crippen molar-refractivity contribution in [3.8, 4) is 5.75 Å². The first-order chi connectivity index (χ1) is 23.0. The Kier molecular flexibility index (Phi) is 7.60. The van der Waals surface area contributed by atoms with Crippen LogP contribution in [0, 0.1) is 29.6 Å². The number of aromatic amines is 1. The van der Waals surface area contributed by atoms with Gasteiger partial charge in [-0.2, -0.15) is 13.2 Å². The van der Waals surface area contributed by atoms with E-state index in [0.717, 1.165) is 26.8 Å². The molecule has 8 nitrogen and oxygen atoms in total. The third kappa shape index (κ3) is 5.02. The van der Waals surface area contributed by atoms with Gasteiger partial charge >= 0.3 is 11.0 Å². The number of hydrogen-bond donors (Lipinski definition) is 2. The van der Waals surface area contributed by atoms with Crippen molar-refractivity contribution in [2.75, 3.05) is 16.8 Å². The Morgan fingerprint density at radius 3 is 2.44 bits per heavy atom. The lowest BCUT2D eigenvalue weighted by atomic mass is 9.68. The molecule has 3 fully saturated rings. The standard InChI is InChI=1S/C34H25BrF3N3O5S2/c35-15-10-11-22(46-14-23(42)39-21-9-5-4-8-20(21)34(36,37)38)17(12-15)24-25-18-13-19(28(25)47-30-29(24)48-33(45)40-30)27-26(18)31(43)41(32(27)44)16-6-2-1-3-7-16/h1-12,18-19,24-28H,13-14H2,(H,39,42)(H,40,45)/t18-,19-,24-,25?,26?,27?,28?/m1/s1. The monoisotopic (exact) mass is 755 g/mol. The number of halogens is 4. The summed E-state index contributed by atoms with van der Waals surface area (Å²) in [4.78, 5) is 58.3. The summed E-state index contributed by atoms with van der Waals surface area (Å²) in [6.07, 6.45) is -3.96. The molecule has 2 aliphatic carbocycles. The molecule has 14 heteroatoms. The number of hydrogen-bond acceptors (Lipinski definition) is 7. The molecular weight excluding hydrogens is 731 g/mol. The fourth-order valence-electron chi connectivity index (χ4n) is 8.26. The fraction of sp³-hybridized carbons (Fsp3) is 0.294. The molecule has 2 bridgehead atoms. The van der Waals surface area contributed by atoms with Crippen LogP contribution in [0.5, 0.6) is 5.75 Å². The van der Waals surface area contributed by atoms with E-state index in [-0.39, 0.29) is 45.4 Å². The molecule has 1 saturated heterocycles. The SMILES string of the molecule is O=C(COc1ccc(Br)cc1[C@H]1c2sc(=O)[nH]c2SC2C1[C@H]1C[C@@H]2C2C(=O)N(c3ccccc3)C(=O)C21)Nc1ccccc1C(F)(F)F. The lowest BCUT2D eigenvalue weighted by Crippen LogP contribution is -2.42. The molecule has 3 heterocycles. The number of H-pyrrole nitrogens is 1. The Bertz CT molecular complexity index is 2040. The van der Waals surface area contributed by atoms with Gasteiger partial charge in [-0.05, 0) is 66.6 Å². The van der Waals surface area contributed by atoms with Crippen molar-refractivity contribution >= 4 is 68.1 Å². The molecule has 246 valence electrons. The van der Waals surface area contributed by atoms with Crippen LogP contribution in [-0.2, 0) is 20.6 Å². The topological polar surface area (TPSA) is 109 Å². The van der Waals surface area contributed by atoms with E-state index in [0.29, 0.717) is 28.4 Å². The summed E-state index contributed by atoms with van der Waals surface area (Å²) in [5.74, 6) is -2.55. The van der Waals surface area contributed by atoms with Crippen LogP contribution in [0.3, 0.4) is 0 Å². The van der Waals surface area contributed by atoms with Gasteiger partial charge in [-0.3, -0.25) is 24.1 Å². The van der Waals surface area contributed by atoms with E-state index in [1.807, 2.05) is 12.1 Å². The fourth-order valence-corrected chi connectivity index (χ4v) is 11.5. The summed E-state index contributed by atoms with van der Waals surface area (Å²) in [5, 5.41) is 2.96. The van der Waals surface area contributed by atoms with Crippen LogP contribution < -0.4 is 19.8 Å². The average molecular weight is 757 g/mol. The second kappa shape index (κ2) is 11.6. The Morgan fingerprint density at radius 2 is 1.69 bits per heavy atom. The molecular formula is C34H25BrF3N3O5S2. The predicted molar refractivity (Wildman–Crippen MR) is 177 cm³/mol. The normalized spacial score (nSPS) is 27.1. The molecule has 1 aromatic heterocycles. The predicted octanol–water partition coefficient (Wildman–Crippen LogP) is 6.91. The van der Waals surface area contributed by atoms with Crippen LogP contribution in [0.15, 0.2) is 87.1 Å². The van der Waals surface area contributed by atoms with E-state index >= 15 is 0 Å². The summed E-state index contributed by atoms with van der Waals surface area (Å²) in [7, 11) is 0. The number of fused-ring (bicyclic) bond motifs is 9. The Balaban J connectivity index is 1.13. The van der Waals surface area contributed by atoms with Gasteiger partial charge in [-0.15, -0.1) is 11.8 Å². The molecule has 3 amide bonds. The van der Waals surface area contributed by atoms with Crippen molar-refractivity contribution in [3.63, 3.8) is 0 Å². The number of amides is 3. The van der Waals surface area contributed by atoms with Gasteiger partial charge in [0, 0.05) is 26.1 Å². The summed E-state index contributed by atoms with van der Waals surface area (Å²) in [6.45, 7) is -0.567. The number of benzene rings is 3. The summed E-state index contributed by atoms with van der Waals surface area (Å²) >= 11 is 6.19. The molecule has 0 spiro atoms. The lowest BCUT2D eigenvalue weighted by Gasteiger charge is -2.43. The van der Waals surface area contributed by atoms with Crippen LogP contribution in [0.25, 0.3) is 0 Å². The van der Waals surface area contributed by atoms with Crippen LogP contribution in [0.1, 0.15) is 28.3 Å². The smallest absolute Gasteiger partial charge is 0.418 e. The Labute approximate surface area is 288 Å². The largest absolute Gasteiger partial charge is 0.483 e. The van der Waals surface area contributed by atoms with E-state index in [9.17, 15) is 32.3 Å². The van der Waals surface area contributed by atoms with E-state index in [4.69, 9.17) is 4.74 Å². The molecule has 4 aromatic rings. The first kappa shape index (κ1) is 31.4. The number of thioether (sulfide) groups is 1. The second-order valence-electron chi connectivity index (χ2n) is 12.4. The molecule has 2 aliphatic heterocycles. The number of para-hydroxylation sites is 2. The third-order valence-corrected chi connectivity index (χ3v) is 13.0. The number of nitrogens with one attached hydrogen (secondary N) is 2. The number of nitrogens with zero attached hydrogens (tertiary/aromatic N) is 1. The highest BCUT2D eigenvalue weighted by atomic mass is 79.9. The first-order valence-corrected chi connectivity index (χ1v) is 17.7. The van der Waals surface area contributed by atoms with E-state index in [1.54, 1.807) is 48.2 Å². The highest BCUT2D eigenvalue weighted by Gasteiger charge is 2.69. The highest BCUT2D eigenvalue weighted by Crippen LogP contribution is 2.69. The van der Waals surface area contributed by atoms with Crippen LogP contribution in [0.2, 0.25) is 0 Å². The van der Waals surface area contributed by atoms with Crippen LogP contribution in [0.4, 0.5) is 24.5 Å². The van der Waals surface area contributed by atoms with Crippen molar-refractivity contribution < 1.29 is 32.3 Å². The van der Waals surface area contributed by atoms with Gasteiger partial charge in [0.2, 0.25) is 11.8 Å². The minimum Gasteiger partial charge on any atom is -0.483 e. The Morgan fingerprint density at radius 1 is 0.979 bits per heavy atom. The quantitative estimate of drug-likeness (QED) is 0.207. The number of carbonyl (C=O) groups is 3. The van der Waals surface area contributed by atoms with Crippen molar-refractivity contribution in [3.05, 3.63) is 103 Å². The lowest BCUT2D eigenvalue weighted by molar-refractivity contribution is -0.137. The minimum atomic E-state index is -4.65. The zero-order valence-corrected chi connectivity index (χ0v) is 27.9. The van der Waals surface area contributed by atoms with Gasteiger partial charge in [0.25, 0.3) is 5.91 Å². The number of alkyl halides is 3. The zero-order chi connectivity index (χ0) is 33.5. The molecule has 4 aliphatic rings. The number of aromatic nitrogens is 1. The number of ether oxygens (including phenoxy) is 1. The molecule has 4 unspecified atom stereocenters.